The molecule has 1 aromatic carbocycles. The van der Waals surface area contributed by atoms with Gasteiger partial charge in [0.1, 0.15) is 13.2 Å². The molecule has 0 N–H and O–H groups in total. The van der Waals surface area contributed by atoms with Crippen LogP contribution in [0.1, 0.15) is 12.8 Å². The molecular weight excluding hydrogens is 294 g/mol. The number of fused-ring (bicyclic) bond motifs is 1. The number of rotatable bonds is 4. The number of ether oxygens (including phenoxy) is 3. The molecule has 116 valence electrons. The molecule has 0 saturated carbocycles. The van der Waals surface area contributed by atoms with E-state index in [-0.39, 0.29) is 11.0 Å². The lowest BCUT2D eigenvalue weighted by Gasteiger charge is -2.22. The summed E-state index contributed by atoms with van der Waals surface area (Å²) in [5.41, 5.74) is 0. The average Bonchev–Trinajstić information content (AvgIpc) is 2.99. The van der Waals surface area contributed by atoms with Gasteiger partial charge in [0.2, 0.25) is 10.0 Å². The Bertz CT molecular complexity index is 610. The number of hydrogen-bond donors (Lipinski definition) is 0. The first-order valence-corrected chi connectivity index (χ1v) is 8.49. The normalized spacial score (nSPS) is 21.7. The second-order valence-corrected chi connectivity index (χ2v) is 7.27. The van der Waals surface area contributed by atoms with Gasteiger partial charge in [-0.3, -0.25) is 0 Å². The lowest BCUT2D eigenvalue weighted by molar-refractivity contribution is 0.0979. The van der Waals surface area contributed by atoms with Crippen LogP contribution in [0.15, 0.2) is 23.1 Å². The number of nitrogens with zero attached hydrogens (tertiary/aromatic N) is 1. The van der Waals surface area contributed by atoms with Crippen molar-refractivity contribution in [2.45, 2.75) is 23.8 Å². The summed E-state index contributed by atoms with van der Waals surface area (Å²) in [5.74, 6) is 1.06. The summed E-state index contributed by atoms with van der Waals surface area (Å²) < 4.78 is 42.8. The molecule has 0 aliphatic carbocycles. The third-order valence-electron chi connectivity index (χ3n) is 3.71. The van der Waals surface area contributed by atoms with E-state index < -0.39 is 10.0 Å². The van der Waals surface area contributed by atoms with Crippen LogP contribution in [0.2, 0.25) is 0 Å². The van der Waals surface area contributed by atoms with E-state index in [2.05, 4.69) is 0 Å². The van der Waals surface area contributed by atoms with Crippen molar-refractivity contribution >= 4 is 10.0 Å². The molecule has 1 unspecified atom stereocenters. The number of hydrogen-bond acceptors (Lipinski definition) is 5. The van der Waals surface area contributed by atoms with Gasteiger partial charge in [-0.15, -0.1) is 0 Å². The maximum Gasteiger partial charge on any atom is 0.243 e. The fourth-order valence-electron chi connectivity index (χ4n) is 2.54. The zero-order valence-electron chi connectivity index (χ0n) is 11.9. The summed E-state index contributed by atoms with van der Waals surface area (Å²) in [5, 5.41) is 0. The number of benzene rings is 1. The molecule has 2 aliphatic heterocycles. The highest BCUT2D eigenvalue weighted by Gasteiger charge is 2.27. The quantitative estimate of drug-likeness (QED) is 0.837. The van der Waals surface area contributed by atoms with Gasteiger partial charge in [0.15, 0.2) is 11.5 Å². The van der Waals surface area contributed by atoms with E-state index in [4.69, 9.17) is 14.2 Å². The Morgan fingerprint density at radius 1 is 1.19 bits per heavy atom. The molecule has 0 radical (unpaired) electrons. The third-order valence-corrected chi connectivity index (χ3v) is 5.53. The van der Waals surface area contributed by atoms with Crippen molar-refractivity contribution in [3.8, 4) is 11.5 Å². The SMILES string of the molecule is CN(CC1CCCO1)S(=O)(=O)c1ccc2c(c1)OCCO2. The van der Waals surface area contributed by atoms with Gasteiger partial charge < -0.3 is 14.2 Å². The molecule has 2 aliphatic rings. The van der Waals surface area contributed by atoms with Crippen molar-refractivity contribution in [2.24, 2.45) is 0 Å². The maximum absolute atomic E-state index is 12.6. The fraction of sp³-hybridized carbons (Fsp3) is 0.571. The molecule has 1 fully saturated rings. The Kier molecular flexibility index (Phi) is 4.05. The van der Waals surface area contributed by atoms with E-state index in [1.807, 2.05) is 0 Å². The molecule has 1 saturated heterocycles. The summed E-state index contributed by atoms with van der Waals surface area (Å²) in [6, 6.07) is 4.71. The first kappa shape index (κ1) is 14.6. The second kappa shape index (κ2) is 5.82. The van der Waals surface area contributed by atoms with E-state index in [9.17, 15) is 8.42 Å². The Morgan fingerprint density at radius 2 is 1.95 bits per heavy atom. The van der Waals surface area contributed by atoms with E-state index >= 15 is 0 Å². The van der Waals surface area contributed by atoms with Crippen LogP contribution >= 0.6 is 0 Å². The highest BCUT2D eigenvalue weighted by molar-refractivity contribution is 7.89. The van der Waals surface area contributed by atoms with Crippen LogP contribution in [0.5, 0.6) is 11.5 Å². The largest absolute Gasteiger partial charge is 0.486 e. The van der Waals surface area contributed by atoms with Gasteiger partial charge in [-0.05, 0) is 25.0 Å². The zero-order valence-corrected chi connectivity index (χ0v) is 12.8. The van der Waals surface area contributed by atoms with Crippen LogP contribution < -0.4 is 9.47 Å². The molecule has 0 amide bonds. The molecule has 21 heavy (non-hydrogen) atoms. The average molecular weight is 313 g/mol. The first-order valence-electron chi connectivity index (χ1n) is 7.05. The first-order chi connectivity index (χ1) is 10.1. The standard InChI is InChI=1S/C14H19NO5S/c1-15(10-11-3-2-6-18-11)21(16,17)12-4-5-13-14(9-12)20-8-7-19-13/h4-5,9,11H,2-3,6-8,10H2,1H3. The minimum absolute atomic E-state index is 0.0121. The fourth-order valence-corrected chi connectivity index (χ4v) is 3.76. The highest BCUT2D eigenvalue weighted by Crippen LogP contribution is 2.33. The summed E-state index contributed by atoms with van der Waals surface area (Å²) in [6.07, 6.45) is 1.88. The van der Waals surface area contributed by atoms with Crippen molar-refractivity contribution in [3.05, 3.63) is 18.2 Å². The van der Waals surface area contributed by atoms with Crippen molar-refractivity contribution in [2.75, 3.05) is 33.4 Å². The second-order valence-electron chi connectivity index (χ2n) is 5.23. The van der Waals surface area contributed by atoms with Gasteiger partial charge in [0.05, 0.1) is 11.0 Å². The number of likely N-dealkylation sites (N-methyl/N-ethyl adjacent to an activating group) is 1. The molecule has 1 aromatic rings. The van der Waals surface area contributed by atoms with E-state index in [1.54, 1.807) is 19.2 Å². The van der Waals surface area contributed by atoms with Gasteiger partial charge in [-0.2, -0.15) is 4.31 Å². The molecule has 0 bridgehead atoms. The molecule has 7 heteroatoms. The van der Waals surface area contributed by atoms with Gasteiger partial charge >= 0.3 is 0 Å². The van der Waals surface area contributed by atoms with Crippen molar-refractivity contribution < 1.29 is 22.6 Å². The predicted octanol–water partition coefficient (Wildman–Crippen LogP) is 1.26. The monoisotopic (exact) mass is 313 g/mol. The van der Waals surface area contributed by atoms with E-state index in [0.717, 1.165) is 12.8 Å². The van der Waals surface area contributed by atoms with Crippen LogP contribution in [0.4, 0.5) is 0 Å². The molecule has 0 aromatic heterocycles. The lowest BCUT2D eigenvalue weighted by Crippen LogP contribution is -2.34. The molecule has 1 atom stereocenters. The maximum atomic E-state index is 12.6. The van der Waals surface area contributed by atoms with E-state index in [1.165, 1.54) is 10.4 Å². The minimum Gasteiger partial charge on any atom is -0.486 e. The van der Waals surface area contributed by atoms with Gasteiger partial charge in [-0.1, -0.05) is 0 Å². The van der Waals surface area contributed by atoms with Crippen LogP contribution in [0.25, 0.3) is 0 Å². The van der Waals surface area contributed by atoms with Crippen molar-refractivity contribution in [3.63, 3.8) is 0 Å². The predicted molar refractivity (Wildman–Crippen MR) is 76.2 cm³/mol. The van der Waals surface area contributed by atoms with Gasteiger partial charge in [-0.25, -0.2) is 8.42 Å². The summed E-state index contributed by atoms with van der Waals surface area (Å²) >= 11 is 0. The van der Waals surface area contributed by atoms with E-state index in [0.29, 0.717) is 37.9 Å². The van der Waals surface area contributed by atoms with Gasteiger partial charge in [0.25, 0.3) is 0 Å². The molecule has 3 rings (SSSR count). The summed E-state index contributed by atoms with van der Waals surface area (Å²) in [4.78, 5) is 0.215. The van der Waals surface area contributed by atoms with Crippen LogP contribution in [0, 0.1) is 0 Å². The Balaban J connectivity index is 1.80. The summed E-state index contributed by atoms with van der Waals surface area (Å²) in [6.45, 7) is 2.00. The topological polar surface area (TPSA) is 65.1 Å². The molecule has 0 spiro atoms. The minimum atomic E-state index is -3.54. The molecular formula is C14H19NO5S. The smallest absolute Gasteiger partial charge is 0.243 e. The Labute approximate surface area is 124 Å². The van der Waals surface area contributed by atoms with Crippen LogP contribution in [-0.4, -0.2) is 52.2 Å². The Hall–Kier alpha value is -1.31. The Morgan fingerprint density at radius 3 is 2.67 bits per heavy atom. The van der Waals surface area contributed by atoms with Crippen molar-refractivity contribution in [1.82, 2.24) is 4.31 Å². The highest BCUT2D eigenvalue weighted by atomic mass is 32.2. The zero-order chi connectivity index (χ0) is 14.9. The van der Waals surface area contributed by atoms with Crippen molar-refractivity contribution in [1.29, 1.82) is 0 Å². The van der Waals surface area contributed by atoms with Gasteiger partial charge in [0, 0.05) is 26.3 Å². The van der Waals surface area contributed by atoms with Crippen LogP contribution in [0.3, 0.4) is 0 Å². The lowest BCUT2D eigenvalue weighted by atomic mass is 10.2. The molecule has 2 heterocycles. The van der Waals surface area contributed by atoms with Crippen LogP contribution in [-0.2, 0) is 14.8 Å². The third kappa shape index (κ3) is 3.00. The number of sulfonamides is 1. The molecule has 6 nitrogen and oxygen atoms in total. The summed E-state index contributed by atoms with van der Waals surface area (Å²) in [7, 11) is -1.96.